The molecule has 0 spiro atoms. The Hall–Kier alpha value is -1.74. The molecule has 0 aliphatic rings. The normalized spacial score (nSPS) is 11.0. The number of nitrogens with zero attached hydrogens (tertiary/aromatic N) is 1. The summed E-state index contributed by atoms with van der Waals surface area (Å²) in [5.74, 6) is 0.427. The van der Waals surface area contributed by atoms with E-state index in [9.17, 15) is 13.2 Å². The molecular weight excluding hydrogens is 247 g/mol. The molecule has 0 bridgehead atoms. The molecule has 3 nitrogen and oxygen atoms in total. The van der Waals surface area contributed by atoms with Crippen molar-refractivity contribution in [2.45, 2.75) is 12.6 Å². The van der Waals surface area contributed by atoms with Crippen LogP contribution in [0.3, 0.4) is 0 Å². The maximum absolute atomic E-state index is 11.7. The fraction of sp³-hybridized carbons (Fsp3) is 0.417. The molecule has 6 heteroatoms. The van der Waals surface area contributed by atoms with Crippen LogP contribution in [0, 0.1) is 11.3 Å². The van der Waals surface area contributed by atoms with Crippen LogP contribution in [0.5, 0.6) is 5.75 Å². The van der Waals surface area contributed by atoms with Crippen molar-refractivity contribution in [3.05, 3.63) is 29.8 Å². The molecule has 1 rings (SSSR count). The lowest BCUT2D eigenvalue weighted by Gasteiger charge is -2.09. The van der Waals surface area contributed by atoms with Crippen molar-refractivity contribution in [3.8, 4) is 11.8 Å². The van der Waals surface area contributed by atoms with Crippen molar-refractivity contribution in [1.82, 2.24) is 0 Å². The summed E-state index contributed by atoms with van der Waals surface area (Å²) in [4.78, 5) is 0. The topological polar surface area (TPSA) is 42.2 Å². The van der Waals surface area contributed by atoms with Gasteiger partial charge in [0.25, 0.3) is 0 Å². The van der Waals surface area contributed by atoms with Gasteiger partial charge in [0.15, 0.2) is 0 Å². The number of nitriles is 1. The van der Waals surface area contributed by atoms with Crippen molar-refractivity contribution in [2.24, 2.45) is 0 Å². The summed E-state index contributed by atoms with van der Waals surface area (Å²) in [5.41, 5.74) is 0.397. The number of hydrogen-bond donors (Lipinski definition) is 0. The maximum Gasteiger partial charge on any atom is 0.411 e. The molecule has 18 heavy (non-hydrogen) atoms. The van der Waals surface area contributed by atoms with E-state index in [1.165, 1.54) is 0 Å². The number of ether oxygens (including phenoxy) is 2. The van der Waals surface area contributed by atoms with Gasteiger partial charge >= 0.3 is 6.18 Å². The molecular formula is C12H12F3NO2. The van der Waals surface area contributed by atoms with Crippen LogP contribution < -0.4 is 4.74 Å². The Morgan fingerprint density at radius 1 is 1.17 bits per heavy atom. The van der Waals surface area contributed by atoms with Gasteiger partial charge in [-0.25, -0.2) is 0 Å². The highest BCUT2D eigenvalue weighted by atomic mass is 19.4. The molecule has 1 aromatic rings. The van der Waals surface area contributed by atoms with E-state index in [4.69, 9.17) is 10.00 Å². The van der Waals surface area contributed by atoms with Crippen molar-refractivity contribution in [3.63, 3.8) is 0 Å². The zero-order chi connectivity index (χ0) is 13.4. The van der Waals surface area contributed by atoms with E-state index < -0.39 is 12.8 Å². The predicted octanol–water partition coefficient (Wildman–Crippen LogP) is 2.91. The first kappa shape index (κ1) is 14.3. The highest BCUT2D eigenvalue weighted by molar-refractivity contribution is 5.42. The van der Waals surface area contributed by atoms with Gasteiger partial charge in [0, 0.05) is 6.42 Å². The Kier molecular flexibility index (Phi) is 5.46. The van der Waals surface area contributed by atoms with E-state index in [0.29, 0.717) is 17.7 Å². The molecule has 0 aliphatic carbocycles. The van der Waals surface area contributed by atoms with Crippen LogP contribution in [-0.4, -0.2) is 26.0 Å². The summed E-state index contributed by atoms with van der Waals surface area (Å²) >= 11 is 0. The molecule has 0 N–H and O–H groups in total. The van der Waals surface area contributed by atoms with Crippen molar-refractivity contribution < 1.29 is 22.6 Å². The Balaban J connectivity index is 2.21. The van der Waals surface area contributed by atoms with Gasteiger partial charge in [-0.3, -0.25) is 0 Å². The molecule has 0 saturated carbocycles. The molecule has 0 unspecified atom stereocenters. The highest BCUT2D eigenvalue weighted by Gasteiger charge is 2.27. The highest BCUT2D eigenvalue weighted by Crippen LogP contribution is 2.17. The first-order chi connectivity index (χ1) is 8.53. The van der Waals surface area contributed by atoms with Crippen LogP contribution in [0.1, 0.15) is 12.0 Å². The van der Waals surface area contributed by atoms with E-state index in [2.05, 4.69) is 4.74 Å². The lowest BCUT2D eigenvalue weighted by Crippen LogP contribution is -2.18. The smallest absolute Gasteiger partial charge is 0.411 e. The average molecular weight is 259 g/mol. The van der Waals surface area contributed by atoms with Crippen LogP contribution in [0.25, 0.3) is 0 Å². The second-order valence-electron chi connectivity index (χ2n) is 3.48. The number of hydrogen-bond acceptors (Lipinski definition) is 3. The minimum Gasteiger partial charge on any atom is -0.492 e. The average Bonchev–Trinajstić information content (AvgIpc) is 2.32. The molecule has 0 fully saturated rings. The monoisotopic (exact) mass is 259 g/mol. The van der Waals surface area contributed by atoms with Gasteiger partial charge < -0.3 is 9.47 Å². The van der Waals surface area contributed by atoms with E-state index in [1.54, 1.807) is 24.3 Å². The van der Waals surface area contributed by atoms with Gasteiger partial charge in [-0.05, 0) is 12.1 Å². The molecule has 0 aromatic heterocycles. The molecule has 1 aromatic carbocycles. The standard InChI is InChI=1S/C12H12F3NO2/c13-12(14,15)9-17-6-3-7-18-11-5-2-1-4-10(11)8-16/h1-2,4-5H,3,6-7,9H2. The lowest BCUT2D eigenvalue weighted by molar-refractivity contribution is -0.174. The molecule has 0 radical (unpaired) electrons. The van der Waals surface area contributed by atoms with Gasteiger partial charge in [0.1, 0.15) is 18.4 Å². The van der Waals surface area contributed by atoms with E-state index in [-0.39, 0.29) is 13.2 Å². The molecule has 0 atom stereocenters. The third-order valence-corrected chi connectivity index (χ3v) is 1.96. The lowest BCUT2D eigenvalue weighted by atomic mass is 10.2. The molecule has 98 valence electrons. The minimum atomic E-state index is -4.30. The van der Waals surface area contributed by atoms with E-state index >= 15 is 0 Å². The van der Waals surface area contributed by atoms with Crippen molar-refractivity contribution in [1.29, 1.82) is 5.26 Å². The maximum atomic E-state index is 11.7. The number of benzene rings is 1. The van der Waals surface area contributed by atoms with Crippen LogP contribution in [-0.2, 0) is 4.74 Å². The Morgan fingerprint density at radius 2 is 1.89 bits per heavy atom. The number of alkyl halides is 3. The second kappa shape index (κ2) is 6.87. The number of para-hydroxylation sites is 1. The minimum absolute atomic E-state index is 0.0335. The van der Waals surface area contributed by atoms with Gasteiger partial charge in [0.05, 0.1) is 18.8 Å². The van der Waals surface area contributed by atoms with Crippen LogP contribution in [0.2, 0.25) is 0 Å². The summed E-state index contributed by atoms with van der Waals surface area (Å²) in [5, 5.41) is 8.77. The van der Waals surface area contributed by atoms with E-state index in [0.717, 1.165) is 0 Å². The number of halogens is 3. The van der Waals surface area contributed by atoms with Gasteiger partial charge in [-0.15, -0.1) is 0 Å². The fourth-order valence-corrected chi connectivity index (χ4v) is 1.22. The summed E-state index contributed by atoms with van der Waals surface area (Å²) in [6.45, 7) is -1.08. The van der Waals surface area contributed by atoms with Crippen LogP contribution >= 0.6 is 0 Å². The fourth-order valence-electron chi connectivity index (χ4n) is 1.22. The summed E-state index contributed by atoms with van der Waals surface area (Å²) < 4.78 is 44.9. The predicted molar refractivity (Wildman–Crippen MR) is 58.1 cm³/mol. The first-order valence-electron chi connectivity index (χ1n) is 5.29. The van der Waals surface area contributed by atoms with Crippen LogP contribution in [0.4, 0.5) is 13.2 Å². The molecule has 0 amide bonds. The Morgan fingerprint density at radius 3 is 2.56 bits per heavy atom. The Bertz CT molecular complexity index is 413. The molecule has 0 aliphatic heterocycles. The molecule has 0 saturated heterocycles. The van der Waals surface area contributed by atoms with Gasteiger partial charge in [-0.1, -0.05) is 12.1 Å². The second-order valence-corrected chi connectivity index (χ2v) is 3.48. The van der Waals surface area contributed by atoms with Crippen LogP contribution in [0.15, 0.2) is 24.3 Å². The summed E-state index contributed by atoms with van der Waals surface area (Å²) in [7, 11) is 0. The van der Waals surface area contributed by atoms with Crippen molar-refractivity contribution >= 4 is 0 Å². The van der Waals surface area contributed by atoms with Gasteiger partial charge in [0.2, 0.25) is 0 Å². The first-order valence-corrected chi connectivity index (χ1v) is 5.29. The van der Waals surface area contributed by atoms with E-state index in [1.807, 2.05) is 6.07 Å². The Labute approximate surface area is 103 Å². The third kappa shape index (κ3) is 5.55. The zero-order valence-corrected chi connectivity index (χ0v) is 9.54. The van der Waals surface area contributed by atoms with Gasteiger partial charge in [-0.2, -0.15) is 18.4 Å². The summed E-state index contributed by atoms with van der Waals surface area (Å²) in [6, 6.07) is 8.63. The third-order valence-electron chi connectivity index (χ3n) is 1.96. The molecule has 0 heterocycles. The SMILES string of the molecule is N#Cc1ccccc1OCCCOCC(F)(F)F. The van der Waals surface area contributed by atoms with Crippen molar-refractivity contribution in [2.75, 3.05) is 19.8 Å². The number of rotatable bonds is 6. The quantitative estimate of drug-likeness (QED) is 0.738. The zero-order valence-electron chi connectivity index (χ0n) is 9.54. The largest absolute Gasteiger partial charge is 0.492 e. The summed E-state index contributed by atoms with van der Waals surface area (Å²) in [6.07, 6.45) is -3.97.